The molecule has 4 nitrogen and oxygen atoms in total. The van der Waals surface area contributed by atoms with Gasteiger partial charge < -0.3 is 14.6 Å². The fraction of sp³-hybridized carbons (Fsp3) is 0.500. The van der Waals surface area contributed by atoms with Crippen molar-refractivity contribution in [2.45, 2.75) is 25.2 Å². The molecule has 0 aromatic heterocycles. The summed E-state index contributed by atoms with van der Waals surface area (Å²) >= 11 is 0. The maximum absolute atomic E-state index is 12.8. The van der Waals surface area contributed by atoms with E-state index < -0.39 is 37.4 Å². The van der Waals surface area contributed by atoms with Crippen LogP contribution in [-0.4, -0.2) is 43.2 Å². The third kappa shape index (κ3) is 4.87. The molecule has 0 aliphatic heterocycles. The average Bonchev–Trinajstić information content (AvgIpc) is 2.46. The van der Waals surface area contributed by atoms with Crippen LogP contribution in [0.4, 0.5) is 17.6 Å². The molecule has 1 aromatic rings. The first-order valence-corrected chi connectivity index (χ1v) is 6.48. The molecular formula is C14H16F4O4. The van der Waals surface area contributed by atoms with Gasteiger partial charge in [-0.2, -0.15) is 8.78 Å². The minimum Gasteiger partial charge on any atom is -0.487 e. The highest BCUT2D eigenvalue weighted by atomic mass is 19.3. The number of alkyl halides is 4. The summed E-state index contributed by atoms with van der Waals surface area (Å²) < 4.78 is 59.1. The second-order valence-corrected chi connectivity index (χ2v) is 4.41. The van der Waals surface area contributed by atoms with Crippen molar-refractivity contribution < 1.29 is 36.9 Å². The van der Waals surface area contributed by atoms with Gasteiger partial charge in [0.2, 0.25) is 0 Å². The molecule has 0 radical (unpaired) electrons. The summed E-state index contributed by atoms with van der Waals surface area (Å²) in [6.45, 7) is -0.322. The van der Waals surface area contributed by atoms with Crippen molar-refractivity contribution in [3.05, 3.63) is 29.8 Å². The van der Waals surface area contributed by atoms with Gasteiger partial charge in [0.15, 0.2) is 6.61 Å². The summed E-state index contributed by atoms with van der Waals surface area (Å²) in [6.07, 6.45) is -3.83. The van der Waals surface area contributed by atoms with Crippen molar-refractivity contribution >= 4 is 5.97 Å². The number of carbonyl (C=O) groups excluding carboxylic acids is 1. The monoisotopic (exact) mass is 324 g/mol. The Morgan fingerprint density at radius 2 is 2.05 bits per heavy atom. The fourth-order valence-corrected chi connectivity index (χ4v) is 1.62. The number of ether oxygens (including phenoxy) is 2. The maximum Gasteiger partial charge on any atom is 0.340 e. The van der Waals surface area contributed by atoms with E-state index in [1.165, 1.54) is 24.3 Å². The van der Waals surface area contributed by atoms with Crippen molar-refractivity contribution in [2.24, 2.45) is 0 Å². The molecule has 1 N–H and O–H groups in total. The lowest BCUT2D eigenvalue weighted by Crippen LogP contribution is -2.33. The van der Waals surface area contributed by atoms with Gasteiger partial charge in [-0.25, -0.2) is 8.78 Å². The molecule has 0 heterocycles. The zero-order valence-electron chi connectivity index (χ0n) is 11.8. The standard InChI is InChI=1S/C14H16F4O4/c1-2-21-12(20)11(7-19)9-4-3-5-10(6-9)22-8-14(17,18)13(15)16/h3-6,11,13,19H,2,7-8H2,1H3. The summed E-state index contributed by atoms with van der Waals surface area (Å²) in [5, 5.41) is 9.24. The number of hydrogen-bond acceptors (Lipinski definition) is 4. The molecule has 0 aliphatic rings. The molecule has 0 aliphatic carbocycles. The lowest BCUT2D eigenvalue weighted by atomic mass is 10.00. The van der Waals surface area contributed by atoms with E-state index in [1.807, 2.05) is 0 Å². The molecule has 0 saturated carbocycles. The van der Waals surface area contributed by atoms with Gasteiger partial charge in [0.1, 0.15) is 11.7 Å². The summed E-state index contributed by atoms with van der Waals surface area (Å²) in [6, 6.07) is 5.37. The number of benzene rings is 1. The lowest BCUT2D eigenvalue weighted by molar-refractivity contribution is -0.148. The minimum absolute atomic E-state index is 0.111. The van der Waals surface area contributed by atoms with E-state index in [2.05, 4.69) is 4.74 Å². The van der Waals surface area contributed by atoms with E-state index in [-0.39, 0.29) is 17.9 Å². The van der Waals surface area contributed by atoms with Gasteiger partial charge in [0.25, 0.3) is 0 Å². The van der Waals surface area contributed by atoms with Gasteiger partial charge >= 0.3 is 18.3 Å². The number of halogens is 4. The molecular weight excluding hydrogens is 308 g/mol. The summed E-state index contributed by atoms with van der Waals surface area (Å²) in [7, 11) is 0. The van der Waals surface area contributed by atoms with Gasteiger partial charge in [-0.1, -0.05) is 12.1 Å². The number of aliphatic hydroxyl groups is 1. The molecule has 1 rings (SSSR count). The second-order valence-electron chi connectivity index (χ2n) is 4.41. The van der Waals surface area contributed by atoms with Crippen LogP contribution in [0.3, 0.4) is 0 Å². The predicted octanol–water partition coefficient (Wildman–Crippen LogP) is 2.60. The Morgan fingerprint density at radius 1 is 1.36 bits per heavy atom. The summed E-state index contributed by atoms with van der Waals surface area (Å²) in [4.78, 5) is 11.7. The average molecular weight is 324 g/mol. The molecule has 22 heavy (non-hydrogen) atoms. The van der Waals surface area contributed by atoms with Crippen molar-refractivity contribution in [1.82, 2.24) is 0 Å². The van der Waals surface area contributed by atoms with Crippen molar-refractivity contribution in [3.63, 3.8) is 0 Å². The quantitative estimate of drug-likeness (QED) is 0.590. The van der Waals surface area contributed by atoms with Crippen LogP contribution >= 0.6 is 0 Å². The zero-order valence-corrected chi connectivity index (χ0v) is 11.8. The molecule has 0 bridgehead atoms. The number of hydrogen-bond donors (Lipinski definition) is 1. The number of aliphatic hydroxyl groups excluding tert-OH is 1. The topological polar surface area (TPSA) is 55.8 Å². The van der Waals surface area contributed by atoms with E-state index in [9.17, 15) is 27.5 Å². The van der Waals surface area contributed by atoms with Crippen LogP contribution in [0, 0.1) is 0 Å². The van der Waals surface area contributed by atoms with E-state index in [0.717, 1.165) is 0 Å². The van der Waals surface area contributed by atoms with Crippen LogP contribution in [0.1, 0.15) is 18.4 Å². The minimum atomic E-state index is -4.27. The molecule has 124 valence electrons. The third-order valence-corrected chi connectivity index (χ3v) is 2.76. The Balaban J connectivity index is 2.83. The Hall–Kier alpha value is -1.83. The number of rotatable bonds is 8. The van der Waals surface area contributed by atoms with Crippen LogP contribution in [-0.2, 0) is 9.53 Å². The maximum atomic E-state index is 12.8. The molecule has 1 atom stereocenters. The van der Waals surface area contributed by atoms with Crippen LogP contribution < -0.4 is 4.74 Å². The Kier molecular flexibility index (Phi) is 6.61. The molecule has 8 heteroatoms. The second kappa shape index (κ2) is 7.98. The van der Waals surface area contributed by atoms with Crippen LogP contribution in [0.25, 0.3) is 0 Å². The van der Waals surface area contributed by atoms with Crippen molar-refractivity contribution in [1.29, 1.82) is 0 Å². The summed E-state index contributed by atoms with van der Waals surface area (Å²) in [5.74, 6) is -6.06. The molecule has 0 amide bonds. The smallest absolute Gasteiger partial charge is 0.340 e. The van der Waals surface area contributed by atoms with Gasteiger partial charge in [-0.05, 0) is 24.6 Å². The number of carbonyl (C=O) groups is 1. The van der Waals surface area contributed by atoms with E-state index in [0.29, 0.717) is 0 Å². The first-order chi connectivity index (χ1) is 10.3. The summed E-state index contributed by atoms with van der Waals surface area (Å²) in [5.41, 5.74) is 0.277. The van der Waals surface area contributed by atoms with Crippen LogP contribution in [0.2, 0.25) is 0 Å². The molecule has 0 saturated heterocycles. The fourth-order valence-electron chi connectivity index (χ4n) is 1.62. The Morgan fingerprint density at radius 3 is 2.59 bits per heavy atom. The Labute approximate surface area is 124 Å². The predicted molar refractivity (Wildman–Crippen MR) is 69.3 cm³/mol. The lowest BCUT2D eigenvalue weighted by Gasteiger charge is -2.17. The SMILES string of the molecule is CCOC(=O)C(CO)c1cccc(OCC(F)(F)C(F)F)c1. The van der Waals surface area contributed by atoms with Gasteiger partial charge in [-0.3, -0.25) is 4.79 Å². The van der Waals surface area contributed by atoms with Gasteiger partial charge in [-0.15, -0.1) is 0 Å². The van der Waals surface area contributed by atoms with Crippen molar-refractivity contribution in [2.75, 3.05) is 19.8 Å². The third-order valence-electron chi connectivity index (χ3n) is 2.76. The highest BCUT2D eigenvalue weighted by Crippen LogP contribution is 2.26. The molecule has 1 unspecified atom stereocenters. The van der Waals surface area contributed by atoms with Crippen LogP contribution in [0.5, 0.6) is 5.75 Å². The van der Waals surface area contributed by atoms with E-state index in [4.69, 9.17) is 4.74 Å². The molecule has 0 fully saturated rings. The Bertz CT molecular complexity index is 493. The highest BCUT2D eigenvalue weighted by Gasteiger charge is 2.41. The number of esters is 1. The zero-order chi connectivity index (χ0) is 16.8. The normalized spacial score (nSPS) is 13.0. The van der Waals surface area contributed by atoms with Gasteiger partial charge in [0.05, 0.1) is 13.2 Å². The van der Waals surface area contributed by atoms with E-state index >= 15 is 0 Å². The largest absolute Gasteiger partial charge is 0.487 e. The molecule has 1 aromatic carbocycles. The van der Waals surface area contributed by atoms with Crippen molar-refractivity contribution in [3.8, 4) is 5.75 Å². The molecule has 0 spiro atoms. The van der Waals surface area contributed by atoms with Gasteiger partial charge in [0, 0.05) is 0 Å². The highest BCUT2D eigenvalue weighted by molar-refractivity contribution is 5.78. The van der Waals surface area contributed by atoms with Crippen LogP contribution in [0.15, 0.2) is 24.3 Å². The first-order valence-electron chi connectivity index (χ1n) is 6.48. The van der Waals surface area contributed by atoms with E-state index in [1.54, 1.807) is 6.92 Å². The first kappa shape index (κ1) is 18.2.